The largest absolute Gasteiger partial charge is 0.381 e. The lowest BCUT2D eigenvalue weighted by molar-refractivity contribution is -0.130. The summed E-state index contributed by atoms with van der Waals surface area (Å²) in [4.78, 5) is 29.6. The number of benzene rings is 1. The van der Waals surface area contributed by atoms with Gasteiger partial charge in [-0.3, -0.25) is 9.59 Å². The first-order chi connectivity index (χ1) is 12.1. The quantitative estimate of drug-likeness (QED) is 0.730. The lowest BCUT2D eigenvalue weighted by Gasteiger charge is -2.30. The zero-order valence-electron chi connectivity index (χ0n) is 15.0. The van der Waals surface area contributed by atoms with Crippen LogP contribution in [0.1, 0.15) is 25.3 Å². The van der Waals surface area contributed by atoms with Gasteiger partial charge in [0.15, 0.2) is 0 Å². The minimum Gasteiger partial charge on any atom is -0.381 e. The van der Waals surface area contributed by atoms with E-state index in [0.29, 0.717) is 11.7 Å². The molecule has 6 heteroatoms. The Kier molecular flexibility index (Phi) is 6.02. The predicted octanol–water partition coefficient (Wildman–Crippen LogP) is 2.71. The zero-order valence-corrected chi connectivity index (χ0v) is 15.8. The van der Waals surface area contributed by atoms with Crippen molar-refractivity contribution in [1.82, 2.24) is 4.90 Å². The van der Waals surface area contributed by atoms with Crippen LogP contribution in [0.15, 0.2) is 23.1 Å². The molecule has 1 aromatic rings. The summed E-state index contributed by atoms with van der Waals surface area (Å²) >= 11 is 1.55. The molecule has 0 unspecified atom stereocenters. The van der Waals surface area contributed by atoms with Crippen molar-refractivity contribution in [2.75, 3.05) is 43.5 Å². The predicted molar refractivity (Wildman–Crippen MR) is 100 cm³/mol. The molecule has 0 bridgehead atoms. The molecule has 2 aliphatic heterocycles. The second-order valence-electron chi connectivity index (χ2n) is 6.81. The first kappa shape index (κ1) is 18.3. The molecule has 25 heavy (non-hydrogen) atoms. The molecule has 0 spiro atoms. The number of carbonyl (C=O) groups is 2. The van der Waals surface area contributed by atoms with Gasteiger partial charge < -0.3 is 14.5 Å². The SMILES string of the molecule is CCCOC[C@@H]1CCN(C(=O)CN2C(=O)CSc3cc(C)ccc32)C1. The van der Waals surface area contributed by atoms with Gasteiger partial charge in [0.05, 0.1) is 18.0 Å². The van der Waals surface area contributed by atoms with Crippen LogP contribution in [0.25, 0.3) is 0 Å². The summed E-state index contributed by atoms with van der Waals surface area (Å²) in [5.74, 6) is 0.858. The Bertz CT molecular complexity index is 650. The van der Waals surface area contributed by atoms with Crippen LogP contribution in [0.3, 0.4) is 0 Å². The van der Waals surface area contributed by atoms with Crippen molar-refractivity contribution in [3.63, 3.8) is 0 Å². The van der Waals surface area contributed by atoms with Gasteiger partial charge in [-0.25, -0.2) is 0 Å². The first-order valence-corrected chi connectivity index (χ1v) is 9.96. The van der Waals surface area contributed by atoms with Crippen LogP contribution in [0, 0.1) is 12.8 Å². The number of carbonyl (C=O) groups excluding carboxylic acids is 2. The molecular weight excluding hydrogens is 336 g/mol. The number of hydrogen-bond acceptors (Lipinski definition) is 4. The smallest absolute Gasteiger partial charge is 0.242 e. The Morgan fingerprint density at radius 1 is 1.40 bits per heavy atom. The van der Waals surface area contributed by atoms with Gasteiger partial charge >= 0.3 is 0 Å². The summed E-state index contributed by atoms with van der Waals surface area (Å²) in [6.07, 6.45) is 2.00. The van der Waals surface area contributed by atoms with Crippen LogP contribution in [0.5, 0.6) is 0 Å². The van der Waals surface area contributed by atoms with Gasteiger partial charge in [0.2, 0.25) is 11.8 Å². The van der Waals surface area contributed by atoms with E-state index in [1.165, 1.54) is 5.56 Å². The molecule has 1 aromatic carbocycles. The highest BCUT2D eigenvalue weighted by Crippen LogP contribution is 2.36. The molecular formula is C19H26N2O3S. The van der Waals surface area contributed by atoms with Gasteiger partial charge in [0.25, 0.3) is 0 Å². The third-order valence-corrected chi connectivity index (χ3v) is 5.72. The van der Waals surface area contributed by atoms with E-state index in [9.17, 15) is 9.59 Å². The van der Waals surface area contributed by atoms with Crippen LogP contribution in [0.2, 0.25) is 0 Å². The average Bonchev–Trinajstić information content (AvgIpc) is 3.06. The van der Waals surface area contributed by atoms with Crippen molar-refractivity contribution in [2.45, 2.75) is 31.6 Å². The number of anilines is 1. The number of aryl methyl sites for hydroxylation is 1. The van der Waals surface area contributed by atoms with Crippen LogP contribution >= 0.6 is 11.8 Å². The number of fused-ring (bicyclic) bond motifs is 1. The normalized spacial score (nSPS) is 20.1. The Morgan fingerprint density at radius 2 is 2.24 bits per heavy atom. The highest BCUT2D eigenvalue weighted by Gasteiger charge is 2.31. The van der Waals surface area contributed by atoms with Crippen molar-refractivity contribution < 1.29 is 14.3 Å². The number of rotatable bonds is 6. The Morgan fingerprint density at radius 3 is 3.04 bits per heavy atom. The van der Waals surface area contributed by atoms with Crippen molar-refractivity contribution >= 4 is 29.3 Å². The van der Waals surface area contributed by atoms with Crippen molar-refractivity contribution in [3.8, 4) is 0 Å². The maximum atomic E-state index is 12.7. The molecule has 2 aliphatic rings. The van der Waals surface area contributed by atoms with Gasteiger partial charge in [0.1, 0.15) is 6.54 Å². The maximum absolute atomic E-state index is 12.7. The first-order valence-electron chi connectivity index (χ1n) is 8.97. The summed E-state index contributed by atoms with van der Waals surface area (Å²) in [5, 5.41) is 0. The molecule has 5 nitrogen and oxygen atoms in total. The average molecular weight is 362 g/mol. The standard InChI is InChI=1S/C19H26N2O3S/c1-3-8-24-12-15-6-7-20(10-15)18(22)11-21-16-5-4-14(2)9-17(16)25-13-19(21)23/h4-5,9,15H,3,6-8,10-13H2,1-2H3/t15-/m1/s1. The topological polar surface area (TPSA) is 49.9 Å². The third kappa shape index (κ3) is 4.36. The fraction of sp³-hybridized carbons (Fsp3) is 0.579. The molecule has 3 rings (SSSR count). The summed E-state index contributed by atoms with van der Waals surface area (Å²) in [7, 11) is 0. The van der Waals surface area contributed by atoms with Crippen molar-refractivity contribution in [3.05, 3.63) is 23.8 Å². The van der Waals surface area contributed by atoms with Crippen molar-refractivity contribution in [1.29, 1.82) is 0 Å². The van der Waals surface area contributed by atoms with E-state index in [1.54, 1.807) is 16.7 Å². The van der Waals surface area contributed by atoms with E-state index >= 15 is 0 Å². The fourth-order valence-corrected chi connectivity index (χ4v) is 4.34. The molecule has 0 aromatic heterocycles. The van der Waals surface area contributed by atoms with Crippen LogP contribution in [0.4, 0.5) is 5.69 Å². The zero-order chi connectivity index (χ0) is 17.8. The molecule has 0 N–H and O–H groups in total. The Labute approximate surface area is 153 Å². The van der Waals surface area contributed by atoms with E-state index in [1.807, 2.05) is 24.0 Å². The molecule has 1 atom stereocenters. The number of ether oxygens (including phenoxy) is 1. The number of thioether (sulfide) groups is 1. The van der Waals surface area contributed by atoms with Crippen LogP contribution in [-0.4, -0.2) is 55.3 Å². The van der Waals surface area contributed by atoms with Crippen molar-refractivity contribution in [2.24, 2.45) is 5.92 Å². The number of amides is 2. The van der Waals surface area contributed by atoms with Crippen LogP contribution in [-0.2, 0) is 14.3 Å². The third-order valence-electron chi connectivity index (χ3n) is 4.69. The monoisotopic (exact) mass is 362 g/mol. The molecule has 2 heterocycles. The molecule has 2 amide bonds. The van der Waals surface area contributed by atoms with E-state index in [0.717, 1.165) is 49.7 Å². The summed E-state index contributed by atoms with van der Waals surface area (Å²) < 4.78 is 5.61. The maximum Gasteiger partial charge on any atom is 0.242 e. The number of hydrogen-bond donors (Lipinski definition) is 0. The summed E-state index contributed by atoms with van der Waals surface area (Å²) in [6, 6.07) is 6.03. The molecule has 0 saturated carbocycles. The molecule has 136 valence electrons. The highest BCUT2D eigenvalue weighted by atomic mass is 32.2. The number of nitrogens with zero attached hydrogens (tertiary/aromatic N) is 2. The molecule has 0 aliphatic carbocycles. The summed E-state index contributed by atoms with van der Waals surface area (Å²) in [6.45, 7) is 7.27. The Balaban J connectivity index is 1.61. The lowest BCUT2D eigenvalue weighted by atomic mass is 10.1. The van der Waals surface area contributed by atoms with Crippen LogP contribution < -0.4 is 4.90 Å². The van der Waals surface area contributed by atoms with Gasteiger partial charge in [-0.05, 0) is 37.5 Å². The van der Waals surface area contributed by atoms with Gasteiger partial charge in [-0.15, -0.1) is 11.8 Å². The minimum atomic E-state index is 0.0109. The van der Waals surface area contributed by atoms with Gasteiger partial charge in [-0.2, -0.15) is 0 Å². The fourth-order valence-electron chi connectivity index (χ4n) is 3.31. The molecule has 0 radical (unpaired) electrons. The lowest BCUT2D eigenvalue weighted by Crippen LogP contribution is -2.44. The highest BCUT2D eigenvalue weighted by molar-refractivity contribution is 8.00. The molecule has 1 fully saturated rings. The van der Waals surface area contributed by atoms with E-state index < -0.39 is 0 Å². The van der Waals surface area contributed by atoms with E-state index in [-0.39, 0.29) is 18.4 Å². The van der Waals surface area contributed by atoms with Gasteiger partial charge in [-0.1, -0.05) is 13.0 Å². The molecule has 1 saturated heterocycles. The van der Waals surface area contributed by atoms with E-state index in [2.05, 4.69) is 13.0 Å². The minimum absolute atomic E-state index is 0.0109. The van der Waals surface area contributed by atoms with E-state index in [4.69, 9.17) is 4.74 Å². The number of likely N-dealkylation sites (tertiary alicyclic amines) is 1. The second kappa shape index (κ2) is 8.23. The second-order valence-corrected chi connectivity index (χ2v) is 7.83. The Hall–Kier alpha value is -1.53. The summed E-state index contributed by atoms with van der Waals surface area (Å²) in [5.41, 5.74) is 2.03. The van der Waals surface area contributed by atoms with Gasteiger partial charge in [0, 0.05) is 30.5 Å².